The quantitative estimate of drug-likeness (QED) is 0.726. The van der Waals surface area contributed by atoms with Gasteiger partial charge in [-0.2, -0.15) is 4.31 Å². The van der Waals surface area contributed by atoms with Crippen molar-refractivity contribution < 1.29 is 12.8 Å². The molecule has 6 heteroatoms. The Hall–Kier alpha value is -1.76. The Bertz CT molecular complexity index is 901. The Balaban J connectivity index is 1.90. The van der Waals surface area contributed by atoms with Gasteiger partial charge in [0.1, 0.15) is 5.82 Å². The third-order valence-corrected chi connectivity index (χ3v) is 6.31. The molecule has 1 heterocycles. The number of halogens is 1. The molecule has 3 aromatic rings. The summed E-state index contributed by atoms with van der Waals surface area (Å²) in [5.41, 5.74) is 0.966. The molecule has 2 aromatic carbocycles. The third kappa shape index (κ3) is 2.77. The molecule has 1 aromatic heterocycles. The van der Waals surface area contributed by atoms with E-state index in [-0.39, 0.29) is 11.4 Å². The first-order valence-corrected chi connectivity index (χ1v) is 8.97. The fraction of sp³-hybridized carbons (Fsp3) is 0.125. The Morgan fingerprint density at radius 3 is 2.50 bits per heavy atom. The van der Waals surface area contributed by atoms with Crippen molar-refractivity contribution in [2.24, 2.45) is 0 Å². The van der Waals surface area contributed by atoms with Crippen LogP contribution in [0, 0.1) is 5.82 Å². The highest BCUT2D eigenvalue weighted by molar-refractivity contribution is 7.89. The summed E-state index contributed by atoms with van der Waals surface area (Å²) < 4.78 is 40.4. The van der Waals surface area contributed by atoms with Crippen LogP contribution in [0.15, 0.2) is 58.8 Å². The van der Waals surface area contributed by atoms with Gasteiger partial charge in [-0.15, -0.1) is 11.3 Å². The molecule has 0 radical (unpaired) electrons. The summed E-state index contributed by atoms with van der Waals surface area (Å²) in [5.74, 6) is -0.453. The van der Waals surface area contributed by atoms with E-state index >= 15 is 0 Å². The van der Waals surface area contributed by atoms with Crippen LogP contribution in [0.5, 0.6) is 0 Å². The Labute approximate surface area is 132 Å². The highest BCUT2D eigenvalue weighted by Crippen LogP contribution is 2.27. The minimum atomic E-state index is -3.63. The molecule has 22 heavy (non-hydrogen) atoms. The van der Waals surface area contributed by atoms with Gasteiger partial charge in [-0.25, -0.2) is 12.8 Å². The van der Waals surface area contributed by atoms with Gasteiger partial charge in [-0.3, -0.25) is 0 Å². The predicted octanol–water partition coefficient (Wildman–Crippen LogP) is 3.86. The second kappa shape index (κ2) is 5.79. The molecular weight excluding hydrogens is 321 g/mol. The number of benzene rings is 2. The maximum Gasteiger partial charge on any atom is 0.243 e. The van der Waals surface area contributed by atoms with Gasteiger partial charge >= 0.3 is 0 Å². The zero-order chi connectivity index (χ0) is 15.7. The van der Waals surface area contributed by atoms with Gasteiger partial charge in [-0.05, 0) is 46.7 Å². The lowest BCUT2D eigenvalue weighted by atomic mass is 10.2. The molecule has 0 N–H and O–H groups in total. The van der Waals surface area contributed by atoms with E-state index in [0.717, 1.165) is 27.8 Å². The second-order valence-electron chi connectivity index (χ2n) is 4.97. The predicted molar refractivity (Wildman–Crippen MR) is 86.9 cm³/mol. The van der Waals surface area contributed by atoms with Crippen molar-refractivity contribution in [3.05, 3.63) is 65.3 Å². The van der Waals surface area contributed by atoms with Crippen LogP contribution in [0.4, 0.5) is 4.39 Å². The molecule has 0 aliphatic carbocycles. The van der Waals surface area contributed by atoms with Crippen molar-refractivity contribution >= 4 is 31.4 Å². The fourth-order valence-electron chi connectivity index (χ4n) is 2.27. The Morgan fingerprint density at radius 1 is 1.09 bits per heavy atom. The SMILES string of the molecule is CN(Cc1csc2ccccc12)S(=O)(=O)c1ccc(F)cc1. The average Bonchev–Trinajstić information content (AvgIpc) is 2.91. The van der Waals surface area contributed by atoms with Gasteiger partial charge < -0.3 is 0 Å². The van der Waals surface area contributed by atoms with Crippen LogP contribution in [-0.2, 0) is 16.6 Å². The van der Waals surface area contributed by atoms with Crippen molar-refractivity contribution in [3.8, 4) is 0 Å². The van der Waals surface area contributed by atoms with E-state index in [1.807, 2.05) is 29.6 Å². The van der Waals surface area contributed by atoms with Crippen LogP contribution < -0.4 is 0 Å². The van der Waals surface area contributed by atoms with Gasteiger partial charge in [-0.1, -0.05) is 18.2 Å². The summed E-state index contributed by atoms with van der Waals surface area (Å²) in [7, 11) is -2.10. The molecule has 0 unspecified atom stereocenters. The molecule has 0 aliphatic heterocycles. The van der Waals surface area contributed by atoms with E-state index in [2.05, 4.69) is 0 Å². The summed E-state index contributed by atoms with van der Waals surface area (Å²) in [6.45, 7) is 0.281. The van der Waals surface area contributed by atoms with Gasteiger partial charge in [0.05, 0.1) is 4.90 Å². The van der Waals surface area contributed by atoms with Crippen molar-refractivity contribution in [2.45, 2.75) is 11.4 Å². The summed E-state index contributed by atoms with van der Waals surface area (Å²) >= 11 is 1.59. The minimum absolute atomic E-state index is 0.0935. The topological polar surface area (TPSA) is 37.4 Å². The number of hydrogen-bond acceptors (Lipinski definition) is 3. The zero-order valence-corrected chi connectivity index (χ0v) is 13.5. The normalized spacial score (nSPS) is 12.1. The molecule has 3 rings (SSSR count). The first-order chi connectivity index (χ1) is 10.5. The van der Waals surface area contributed by atoms with E-state index in [1.165, 1.54) is 23.5 Å². The highest BCUT2D eigenvalue weighted by atomic mass is 32.2. The number of hydrogen-bond donors (Lipinski definition) is 0. The molecular formula is C16H14FNO2S2. The van der Waals surface area contributed by atoms with Crippen molar-refractivity contribution in [2.75, 3.05) is 7.05 Å². The molecule has 0 amide bonds. The van der Waals surface area contributed by atoms with Gasteiger partial charge in [0.2, 0.25) is 10.0 Å². The van der Waals surface area contributed by atoms with Gasteiger partial charge in [0.25, 0.3) is 0 Å². The number of thiophene rings is 1. The van der Waals surface area contributed by atoms with Crippen molar-refractivity contribution in [1.82, 2.24) is 4.31 Å². The molecule has 114 valence electrons. The van der Waals surface area contributed by atoms with E-state index in [9.17, 15) is 12.8 Å². The standard InChI is InChI=1S/C16H14FNO2S2/c1-18(22(19,20)14-8-6-13(17)7-9-14)10-12-11-21-16-5-3-2-4-15(12)16/h2-9,11H,10H2,1H3. The highest BCUT2D eigenvalue weighted by Gasteiger charge is 2.21. The number of sulfonamides is 1. The lowest BCUT2D eigenvalue weighted by molar-refractivity contribution is 0.468. The van der Waals surface area contributed by atoms with Crippen LogP contribution >= 0.6 is 11.3 Å². The monoisotopic (exact) mass is 335 g/mol. The molecule has 0 saturated heterocycles. The number of rotatable bonds is 4. The van der Waals surface area contributed by atoms with E-state index < -0.39 is 15.8 Å². The van der Waals surface area contributed by atoms with Crippen LogP contribution in [0.2, 0.25) is 0 Å². The lowest BCUT2D eigenvalue weighted by Gasteiger charge is -2.17. The minimum Gasteiger partial charge on any atom is -0.207 e. The number of fused-ring (bicyclic) bond motifs is 1. The van der Waals surface area contributed by atoms with E-state index in [1.54, 1.807) is 11.3 Å². The first-order valence-electron chi connectivity index (χ1n) is 6.65. The van der Waals surface area contributed by atoms with Crippen LogP contribution in [0.1, 0.15) is 5.56 Å². The van der Waals surface area contributed by atoms with Crippen LogP contribution in [0.25, 0.3) is 10.1 Å². The van der Waals surface area contributed by atoms with Crippen LogP contribution in [-0.4, -0.2) is 19.8 Å². The molecule has 0 spiro atoms. The molecule has 0 bridgehead atoms. The summed E-state index contributed by atoms with van der Waals surface area (Å²) in [6, 6.07) is 12.8. The smallest absolute Gasteiger partial charge is 0.207 e. The van der Waals surface area contributed by atoms with Gasteiger partial charge in [0.15, 0.2) is 0 Å². The third-order valence-electron chi connectivity index (χ3n) is 3.48. The Morgan fingerprint density at radius 2 is 1.77 bits per heavy atom. The first kappa shape index (κ1) is 15.1. The largest absolute Gasteiger partial charge is 0.243 e. The summed E-state index contributed by atoms with van der Waals surface area (Å²) in [6.07, 6.45) is 0. The molecule has 0 saturated carbocycles. The van der Waals surface area contributed by atoms with E-state index in [4.69, 9.17) is 0 Å². The maximum absolute atomic E-state index is 12.9. The van der Waals surface area contributed by atoms with Crippen LogP contribution in [0.3, 0.4) is 0 Å². The second-order valence-corrected chi connectivity index (χ2v) is 7.93. The average molecular weight is 335 g/mol. The molecule has 0 aliphatic rings. The fourth-order valence-corrected chi connectivity index (χ4v) is 4.37. The Kier molecular flexibility index (Phi) is 3.99. The van der Waals surface area contributed by atoms with Gasteiger partial charge in [0, 0.05) is 18.3 Å². The molecule has 0 atom stereocenters. The molecule has 0 fully saturated rings. The van der Waals surface area contributed by atoms with Crippen molar-refractivity contribution in [1.29, 1.82) is 0 Å². The summed E-state index contributed by atoms with van der Waals surface area (Å²) in [4.78, 5) is 0.0935. The molecule has 3 nitrogen and oxygen atoms in total. The summed E-state index contributed by atoms with van der Waals surface area (Å²) in [5, 5.41) is 3.04. The van der Waals surface area contributed by atoms with E-state index in [0.29, 0.717) is 0 Å². The zero-order valence-electron chi connectivity index (χ0n) is 11.9. The lowest BCUT2D eigenvalue weighted by Crippen LogP contribution is -2.26. The maximum atomic E-state index is 12.9. The number of nitrogens with zero attached hydrogens (tertiary/aromatic N) is 1. The van der Waals surface area contributed by atoms with Crippen molar-refractivity contribution in [3.63, 3.8) is 0 Å².